The van der Waals surface area contributed by atoms with Gasteiger partial charge in [-0.05, 0) is 24.6 Å². The van der Waals surface area contributed by atoms with E-state index in [1.807, 2.05) is 0 Å². The molecule has 0 bridgehead atoms. The smallest absolute Gasteiger partial charge is 0.0729 e. The van der Waals surface area contributed by atoms with Crippen LogP contribution >= 0.6 is 15.9 Å². The molecular weight excluding hydrogens is 298 g/mol. The van der Waals surface area contributed by atoms with Crippen molar-refractivity contribution in [3.8, 4) is 0 Å². The Kier molecular flexibility index (Phi) is 3.43. The molecule has 2 heteroatoms. The highest BCUT2D eigenvalue weighted by molar-refractivity contribution is 9.10. The van der Waals surface area contributed by atoms with E-state index in [-0.39, 0.29) is 0 Å². The highest BCUT2D eigenvalue weighted by atomic mass is 79.9. The van der Waals surface area contributed by atoms with Crippen molar-refractivity contribution in [2.45, 2.75) is 13.0 Å². The third-order valence-corrected chi connectivity index (χ3v) is 4.29. The van der Waals surface area contributed by atoms with E-state index in [4.69, 9.17) is 0 Å². The van der Waals surface area contributed by atoms with Crippen LogP contribution in [0.4, 0.5) is 5.69 Å². The molecule has 0 spiro atoms. The Bertz CT molecular complexity index is 604. The largest absolute Gasteiger partial charge is 0.361 e. The van der Waals surface area contributed by atoms with Gasteiger partial charge in [0.15, 0.2) is 0 Å². The van der Waals surface area contributed by atoms with E-state index in [0.29, 0.717) is 6.04 Å². The van der Waals surface area contributed by atoms with Gasteiger partial charge in [-0.2, -0.15) is 0 Å². The first-order valence-electron chi connectivity index (χ1n) is 6.59. The zero-order valence-corrected chi connectivity index (χ0v) is 12.5. The van der Waals surface area contributed by atoms with Gasteiger partial charge in [-0.25, -0.2) is 0 Å². The lowest BCUT2D eigenvalue weighted by Gasteiger charge is -2.35. The summed E-state index contributed by atoms with van der Waals surface area (Å²) >= 11 is 3.64. The lowest BCUT2D eigenvalue weighted by atomic mass is 9.97. The SMILES string of the molecule is CCN1c2cccc(Br)c2C=C[C@H]1c1ccccc1. The standard InChI is InChI=1S/C17H16BrN/c1-2-19-16(13-7-4-3-5-8-13)12-11-14-15(18)9-6-10-17(14)19/h3-12,16H,2H2,1H3/t16-/m0/s1. The summed E-state index contributed by atoms with van der Waals surface area (Å²) in [5.41, 5.74) is 3.91. The first kappa shape index (κ1) is 12.5. The van der Waals surface area contributed by atoms with Crippen LogP contribution in [0, 0.1) is 0 Å². The van der Waals surface area contributed by atoms with Crippen LogP contribution in [0.2, 0.25) is 0 Å². The number of halogens is 1. The number of benzene rings is 2. The van der Waals surface area contributed by atoms with Gasteiger partial charge >= 0.3 is 0 Å². The van der Waals surface area contributed by atoms with Crippen LogP contribution in [-0.2, 0) is 0 Å². The third-order valence-electron chi connectivity index (χ3n) is 3.60. The molecule has 0 radical (unpaired) electrons. The summed E-state index contributed by atoms with van der Waals surface area (Å²) in [6.45, 7) is 3.20. The molecule has 0 saturated heterocycles. The molecule has 0 fully saturated rings. The minimum absolute atomic E-state index is 0.327. The Morgan fingerprint density at radius 3 is 2.58 bits per heavy atom. The van der Waals surface area contributed by atoms with E-state index in [0.717, 1.165) is 11.0 Å². The normalized spacial score (nSPS) is 17.4. The van der Waals surface area contributed by atoms with Crippen molar-refractivity contribution in [1.29, 1.82) is 0 Å². The predicted octanol–water partition coefficient (Wildman–Crippen LogP) is 5.04. The quantitative estimate of drug-likeness (QED) is 0.750. The Morgan fingerprint density at radius 2 is 1.84 bits per heavy atom. The number of fused-ring (bicyclic) bond motifs is 1. The summed E-state index contributed by atoms with van der Waals surface area (Å²) in [6, 6.07) is 17.4. The Labute approximate surface area is 122 Å². The predicted molar refractivity (Wildman–Crippen MR) is 85.4 cm³/mol. The molecule has 1 aliphatic heterocycles. The minimum atomic E-state index is 0.327. The highest BCUT2D eigenvalue weighted by Crippen LogP contribution is 2.39. The van der Waals surface area contributed by atoms with Crippen molar-refractivity contribution in [2.75, 3.05) is 11.4 Å². The average Bonchev–Trinajstić information content (AvgIpc) is 2.47. The summed E-state index contributed by atoms with van der Waals surface area (Å²) in [4.78, 5) is 2.44. The summed E-state index contributed by atoms with van der Waals surface area (Å²) in [5, 5.41) is 0. The van der Waals surface area contributed by atoms with Crippen LogP contribution in [0.3, 0.4) is 0 Å². The molecule has 1 nitrogen and oxygen atoms in total. The van der Waals surface area contributed by atoms with Crippen molar-refractivity contribution in [3.63, 3.8) is 0 Å². The van der Waals surface area contributed by atoms with E-state index >= 15 is 0 Å². The lowest BCUT2D eigenvalue weighted by Crippen LogP contribution is -2.29. The molecule has 0 amide bonds. The van der Waals surface area contributed by atoms with Gasteiger partial charge in [-0.1, -0.05) is 64.5 Å². The number of rotatable bonds is 2. The molecule has 2 aromatic rings. The van der Waals surface area contributed by atoms with Crippen LogP contribution in [0.5, 0.6) is 0 Å². The van der Waals surface area contributed by atoms with Crippen molar-refractivity contribution >= 4 is 27.7 Å². The van der Waals surface area contributed by atoms with Gasteiger partial charge in [0.25, 0.3) is 0 Å². The Morgan fingerprint density at radius 1 is 1.05 bits per heavy atom. The monoisotopic (exact) mass is 313 g/mol. The van der Waals surface area contributed by atoms with E-state index < -0.39 is 0 Å². The van der Waals surface area contributed by atoms with Gasteiger partial charge in [0.05, 0.1) is 6.04 Å². The first-order chi connectivity index (χ1) is 9.31. The number of nitrogens with zero attached hydrogens (tertiary/aromatic N) is 1. The second kappa shape index (κ2) is 5.22. The van der Waals surface area contributed by atoms with Gasteiger partial charge in [0.1, 0.15) is 0 Å². The second-order valence-corrected chi connectivity index (χ2v) is 5.53. The molecule has 1 aliphatic rings. The van der Waals surface area contributed by atoms with E-state index in [9.17, 15) is 0 Å². The van der Waals surface area contributed by atoms with Crippen molar-refractivity contribution in [3.05, 3.63) is 70.2 Å². The maximum atomic E-state index is 3.64. The van der Waals surface area contributed by atoms with E-state index in [2.05, 4.69) is 88.4 Å². The van der Waals surface area contributed by atoms with E-state index in [1.165, 1.54) is 16.8 Å². The molecule has 0 aliphatic carbocycles. The Balaban J connectivity index is 2.08. The summed E-state index contributed by atoms with van der Waals surface area (Å²) in [7, 11) is 0. The summed E-state index contributed by atoms with van der Waals surface area (Å²) < 4.78 is 1.16. The van der Waals surface area contributed by atoms with Gasteiger partial charge < -0.3 is 4.90 Å². The molecule has 0 saturated carbocycles. The Hall–Kier alpha value is -1.54. The molecule has 1 heterocycles. The highest BCUT2D eigenvalue weighted by Gasteiger charge is 2.23. The fourth-order valence-corrected chi connectivity index (χ4v) is 3.18. The lowest BCUT2D eigenvalue weighted by molar-refractivity contribution is 0.741. The third kappa shape index (κ3) is 2.21. The molecule has 0 unspecified atom stereocenters. The van der Waals surface area contributed by atoms with Gasteiger partial charge in [-0.15, -0.1) is 0 Å². The number of anilines is 1. The van der Waals surface area contributed by atoms with Gasteiger partial charge in [-0.3, -0.25) is 0 Å². The minimum Gasteiger partial charge on any atom is -0.361 e. The van der Waals surface area contributed by atoms with E-state index in [1.54, 1.807) is 0 Å². The van der Waals surface area contributed by atoms with Crippen LogP contribution < -0.4 is 4.90 Å². The molecular formula is C17H16BrN. The molecule has 19 heavy (non-hydrogen) atoms. The van der Waals surface area contributed by atoms with Crippen molar-refractivity contribution in [2.24, 2.45) is 0 Å². The van der Waals surface area contributed by atoms with Crippen LogP contribution in [-0.4, -0.2) is 6.54 Å². The molecule has 0 N–H and O–H groups in total. The zero-order chi connectivity index (χ0) is 13.2. The molecule has 1 atom stereocenters. The maximum Gasteiger partial charge on any atom is 0.0729 e. The second-order valence-electron chi connectivity index (χ2n) is 4.67. The fraction of sp³-hybridized carbons (Fsp3) is 0.176. The molecule has 3 rings (SSSR count). The molecule has 96 valence electrons. The average molecular weight is 314 g/mol. The molecule has 2 aromatic carbocycles. The zero-order valence-electron chi connectivity index (χ0n) is 10.9. The number of hydrogen-bond acceptors (Lipinski definition) is 1. The topological polar surface area (TPSA) is 3.24 Å². The van der Waals surface area contributed by atoms with Gasteiger partial charge in [0.2, 0.25) is 0 Å². The summed E-state index contributed by atoms with van der Waals surface area (Å²) in [6.07, 6.45) is 4.51. The fourth-order valence-electron chi connectivity index (χ4n) is 2.69. The molecule has 0 aromatic heterocycles. The van der Waals surface area contributed by atoms with Gasteiger partial charge in [0, 0.05) is 22.3 Å². The maximum absolute atomic E-state index is 3.64. The number of hydrogen-bond donors (Lipinski definition) is 0. The number of likely N-dealkylation sites (N-methyl/N-ethyl adjacent to an activating group) is 1. The van der Waals surface area contributed by atoms with Crippen LogP contribution in [0.25, 0.3) is 6.08 Å². The van der Waals surface area contributed by atoms with Crippen molar-refractivity contribution in [1.82, 2.24) is 0 Å². The van der Waals surface area contributed by atoms with Crippen LogP contribution in [0.15, 0.2) is 59.1 Å². The van der Waals surface area contributed by atoms with Crippen LogP contribution in [0.1, 0.15) is 24.1 Å². The first-order valence-corrected chi connectivity index (χ1v) is 7.39. The summed E-state index contributed by atoms with van der Waals surface area (Å²) in [5.74, 6) is 0. The van der Waals surface area contributed by atoms with Crippen molar-refractivity contribution < 1.29 is 0 Å².